The molecule has 3 aromatic rings. The quantitative estimate of drug-likeness (QED) is 0.120. The van der Waals surface area contributed by atoms with Crippen LogP contribution in [-0.4, -0.2) is 77.6 Å². The van der Waals surface area contributed by atoms with Gasteiger partial charge in [0.05, 0.1) is 37.8 Å². The predicted octanol–water partition coefficient (Wildman–Crippen LogP) is 6.84. The van der Waals surface area contributed by atoms with E-state index in [9.17, 15) is 0 Å². The van der Waals surface area contributed by atoms with Crippen molar-refractivity contribution in [2.75, 3.05) is 52.7 Å². The Morgan fingerprint density at radius 3 is 1.41 bits per heavy atom. The third kappa shape index (κ3) is 14.4. The molecular formula is C34H42N4O3. The van der Waals surface area contributed by atoms with Gasteiger partial charge in [-0.3, -0.25) is 20.0 Å². The highest BCUT2D eigenvalue weighted by molar-refractivity contribution is 5.85. The minimum absolute atomic E-state index is 0.580. The van der Waals surface area contributed by atoms with E-state index in [1.54, 1.807) is 0 Å². The SMILES string of the molecule is CC=NCCCOCCOCCOCCCN=Cc1ccc(C=Nc2ccc(N=Cc3ccc(C)cc3)cc2)cc1. The summed E-state index contributed by atoms with van der Waals surface area (Å²) in [7, 11) is 0. The van der Waals surface area contributed by atoms with Gasteiger partial charge in [0, 0.05) is 44.9 Å². The Hall–Kier alpha value is -3.78. The summed E-state index contributed by atoms with van der Waals surface area (Å²) in [5.41, 5.74) is 6.21. The van der Waals surface area contributed by atoms with Crippen LogP contribution in [0.2, 0.25) is 0 Å². The monoisotopic (exact) mass is 554 g/mol. The number of ether oxygens (including phenoxy) is 3. The van der Waals surface area contributed by atoms with Gasteiger partial charge in [-0.15, -0.1) is 0 Å². The highest BCUT2D eigenvalue weighted by atomic mass is 16.5. The van der Waals surface area contributed by atoms with Crippen LogP contribution in [0.4, 0.5) is 11.4 Å². The van der Waals surface area contributed by atoms with Crippen molar-refractivity contribution in [3.8, 4) is 0 Å². The zero-order chi connectivity index (χ0) is 28.8. The molecule has 0 amide bonds. The largest absolute Gasteiger partial charge is 0.379 e. The normalized spacial score (nSPS) is 12.0. The Morgan fingerprint density at radius 1 is 0.512 bits per heavy atom. The van der Waals surface area contributed by atoms with E-state index in [0.29, 0.717) is 33.0 Å². The van der Waals surface area contributed by atoms with Crippen molar-refractivity contribution in [3.63, 3.8) is 0 Å². The lowest BCUT2D eigenvalue weighted by atomic mass is 10.1. The lowest BCUT2D eigenvalue weighted by Gasteiger charge is -2.06. The van der Waals surface area contributed by atoms with Gasteiger partial charge in [0.1, 0.15) is 0 Å². The Kier molecular flexibility index (Phi) is 15.6. The molecule has 0 radical (unpaired) electrons. The lowest BCUT2D eigenvalue weighted by molar-refractivity contribution is 0.0143. The van der Waals surface area contributed by atoms with Gasteiger partial charge in [-0.1, -0.05) is 54.1 Å². The summed E-state index contributed by atoms with van der Waals surface area (Å²) in [6.45, 7) is 9.31. The molecule has 0 aliphatic carbocycles. The molecule has 0 unspecified atom stereocenters. The zero-order valence-electron chi connectivity index (χ0n) is 24.3. The molecule has 0 saturated carbocycles. The van der Waals surface area contributed by atoms with Crippen molar-refractivity contribution < 1.29 is 14.2 Å². The van der Waals surface area contributed by atoms with E-state index in [1.807, 2.05) is 80.3 Å². The van der Waals surface area contributed by atoms with Crippen molar-refractivity contribution in [1.82, 2.24) is 0 Å². The summed E-state index contributed by atoms with van der Waals surface area (Å²) >= 11 is 0. The summed E-state index contributed by atoms with van der Waals surface area (Å²) < 4.78 is 16.6. The Balaban J connectivity index is 1.24. The topological polar surface area (TPSA) is 77.1 Å². The molecule has 3 aromatic carbocycles. The number of hydrogen-bond acceptors (Lipinski definition) is 7. The first-order valence-electron chi connectivity index (χ1n) is 14.3. The standard InChI is InChI=1S/C34H42N4O3/c1-3-35-18-4-20-39-22-24-41-25-23-40-21-5-19-36-26-30-10-12-32(13-11-30)28-38-34-16-14-33(15-17-34)37-27-31-8-6-29(2)7-9-31/h3,6-17,26-28H,4-5,18-25H2,1-2H3. The van der Waals surface area contributed by atoms with Gasteiger partial charge >= 0.3 is 0 Å². The van der Waals surface area contributed by atoms with Crippen LogP contribution in [0.5, 0.6) is 0 Å². The maximum Gasteiger partial charge on any atom is 0.0701 e. The molecule has 41 heavy (non-hydrogen) atoms. The fourth-order valence-corrected chi connectivity index (χ4v) is 3.60. The third-order valence-corrected chi connectivity index (χ3v) is 5.91. The van der Waals surface area contributed by atoms with Crippen LogP contribution in [0.15, 0.2) is 92.8 Å². The molecule has 0 aliphatic rings. The molecule has 0 bridgehead atoms. The van der Waals surface area contributed by atoms with E-state index in [-0.39, 0.29) is 0 Å². The predicted molar refractivity (Wildman–Crippen MR) is 172 cm³/mol. The van der Waals surface area contributed by atoms with Gasteiger partial charge in [0.2, 0.25) is 0 Å². The fraction of sp³-hybridized carbons (Fsp3) is 0.353. The van der Waals surface area contributed by atoms with Gasteiger partial charge < -0.3 is 14.2 Å². The average molecular weight is 555 g/mol. The highest BCUT2D eigenvalue weighted by Gasteiger charge is 1.95. The molecule has 0 aromatic heterocycles. The van der Waals surface area contributed by atoms with E-state index in [0.717, 1.165) is 60.6 Å². The van der Waals surface area contributed by atoms with E-state index < -0.39 is 0 Å². The zero-order valence-corrected chi connectivity index (χ0v) is 24.3. The van der Waals surface area contributed by atoms with E-state index in [2.05, 4.69) is 51.2 Å². The third-order valence-electron chi connectivity index (χ3n) is 5.91. The van der Waals surface area contributed by atoms with Crippen molar-refractivity contribution in [3.05, 3.63) is 95.1 Å². The minimum atomic E-state index is 0.580. The van der Waals surface area contributed by atoms with Crippen molar-refractivity contribution >= 4 is 36.2 Å². The van der Waals surface area contributed by atoms with Crippen molar-refractivity contribution in [2.24, 2.45) is 20.0 Å². The average Bonchev–Trinajstić information content (AvgIpc) is 3.00. The summed E-state index contributed by atoms with van der Waals surface area (Å²) in [4.78, 5) is 17.8. The summed E-state index contributed by atoms with van der Waals surface area (Å²) in [5, 5.41) is 0. The van der Waals surface area contributed by atoms with Gasteiger partial charge in [-0.25, -0.2) is 0 Å². The molecular weight excluding hydrogens is 512 g/mol. The van der Waals surface area contributed by atoms with Crippen LogP contribution >= 0.6 is 0 Å². The number of hydrogen-bond donors (Lipinski definition) is 0. The first-order chi connectivity index (χ1) is 20.2. The molecule has 7 heteroatoms. The molecule has 0 atom stereocenters. The lowest BCUT2D eigenvalue weighted by Crippen LogP contribution is -2.10. The van der Waals surface area contributed by atoms with Crippen LogP contribution in [0.25, 0.3) is 0 Å². The summed E-state index contributed by atoms with van der Waals surface area (Å²) in [6.07, 6.45) is 9.27. The van der Waals surface area contributed by atoms with E-state index in [1.165, 1.54) is 5.56 Å². The molecule has 0 heterocycles. The van der Waals surface area contributed by atoms with Crippen LogP contribution in [-0.2, 0) is 14.2 Å². The van der Waals surface area contributed by atoms with E-state index >= 15 is 0 Å². The van der Waals surface area contributed by atoms with Gasteiger partial charge in [-0.2, -0.15) is 0 Å². The molecule has 216 valence electrons. The van der Waals surface area contributed by atoms with Crippen molar-refractivity contribution in [1.29, 1.82) is 0 Å². The second-order valence-electron chi connectivity index (χ2n) is 9.35. The van der Waals surface area contributed by atoms with Crippen LogP contribution in [0, 0.1) is 6.92 Å². The molecule has 3 rings (SSSR count). The number of nitrogens with zero attached hydrogens (tertiary/aromatic N) is 4. The van der Waals surface area contributed by atoms with Gasteiger partial charge in [0.25, 0.3) is 0 Å². The minimum Gasteiger partial charge on any atom is -0.379 e. The second kappa shape index (κ2) is 20.2. The first-order valence-corrected chi connectivity index (χ1v) is 14.3. The van der Waals surface area contributed by atoms with Crippen molar-refractivity contribution in [2.45, 2.75) is 26.7 Å². The number of aliphatic imine (C=N–C) groups is 4. The Bertz CT molecular complexity index is 1220. The maximum absolute atomic E-state index is 5.60. The molecule has 0 N–H and O–H groups in total. The highest BCUT2D eigenvalue weighted by Crippen LogP contribution is 2.19. The van der Waals surface area contributed by atoms with Crippen LogP contribution in [0.1, 0.15) is 42.0 Å². The Labute approximate surface area is 244 Å². The summed E-state index contributed by atoms with van der Waals surface area (Å²) in [5.74, 6) is 0. The molecule has 7 nitrogen and oxygen atoms in total. The molecule has 0 saturated heterocycles. The van der Waals surface area contributed by atoms with Gasteiger partial charge in [-0.05, 0) is 73.9 Å². The molecule has 0 spiro atoms. The molecule has 0 aliphatic heterocycles. The summed E-state index contributed by atoms with van der Waals surface area (Å²) in [6, 6.07) is 24.4. The maximum atomic E-state index is 5.60. The fourth-order valence-electron chi connectivity index (χ4n) is 3.60. The number of aryl methyl sites for hydroxylation is 1. The number of benzene rings is 3. The molecule has 0 fully saturated rings. The number of rotatable bonds is 19. The van der Waals surface area contributed by atoms with Crippen LogP contribution < -0.4 is 0 Å². The first kappa shape index (κ1) is 31.7. The van der Waals surface area contributed by atoms with Gasteiger partial charge in [0.15, 0.2) is 0 Å². The Morgan fingerprint density at radius 2 is 0.927 bits per heavy atom. The van der Waals surface area contributed by atoms with Crippen LogP contribution in [0.3, 0.4) is 0 Å². The smallest absolute Gasteiger partial charge is 0.0701 e. The second-order valence-corrected chi connectivity index (χ2v) is 9.35. The van der Waals surface area contributed by atoms with E-state index in [4.69, 9.17) is 14.2 Å².